The number of benzene rings is 1. The van der Waals surface area contributed by atoms with E-state index in [4.69, 9.17) is 0 Å². The minimum Gasteiger partial charge on any atom is -0.307 e. The van der Waals surface area contributed by atoms with Crippen LogP contribution in [0, 0.1) is 6.92 Å². The smallest absolute Gasteiger partial charge is 0.0648 e. The van der Waals surface area contributed by atoms with Crippen LogP contribution in [0.5, 0.6) is 0 Å². The second-order valence-electron chi connectivity index (χ2n) is 5.45. The normalized spacial score (nSPS) is 17.2. The van der Waals surface area contributed by atoms with Gasteiger partial charge >= 0.3 is 0 Å². The number of para-hydroxylation sites is 1. The maximum atomic E-state index is 4.53. The van der Waals surface area contributed by atoms with Crippen molar-refractivity contribution < 1.29 is 0 Å². The minimum atomic E-state index is 0.378. The van der Waals surface area contributed by atoms with E-state index < -0.39 is 0 Å². The van der Waals surface area contributed by atoms with E-state index in [0.29, 0.717) is 12.1 Å². The highest BCUT2D eigenvalue weighted by molar-refractivity contribution is 5.35. The highest BCUT2D eigenvalue weighted by Gasteiger charge is 2.21. The van der Waals surface area contributed by atoms with Gasteiger partial charge in [-0.3, -0.25) is 0 Å². The van der Waals surface area contributed by atoms with Gasteiger partial charge in [0.15, 0.2) is 0 Å². The van der Waals surface area contributed by atoms with Gasteiger partial charge in [-0.2, -0.15) is 5.10 Å². The van der Waals surface area contributed by atoms with Crippen molar-refractivity contribution in [2.75, 3.05) is 0 Å². The monoisotopic (exact) mass is 255 g/mol. The van der Waals surface area contributed by atoms with E-state index in [2.05, 4.69) is 36.4 Å². The van der Waals surface area contributed by atoms with E-state index in [1.807, 2.05) is 29.1 Å². The Bertz CT molecular complexity index is 540. The molecular weight excluding hydrogens is 234 g/mol. The molecule has 2 aromatic rings. The minimum absolute atomic E-state index is 0.378. The fraction of sp³-hybridized carbons (Fsp3) is 0.438. The molecule has 0 unspecified atom stereocenters. The van der Waals surface area contributed by atoms with Crippen LogP contribution in [-0.2, 0) is 0 Å². The van der Waals surface area contributed by atoms with Crippen LogP contribution in [0.4, 0.5) is 0 Å². The molecule has 0 radical (unpaired) electrons. The Morgan fingerprint density at radius 3 is 2.63 bits per heavy atom. The zero-order chi connectivity index (χ0) is 13.2. The lowest BCUT2D eigenvalue weighted by atomic mass is 9.92. The molecule has 3 rings (SSSR count). The molecule has 1 saturated carbocycles. The summed E-state index contributed by atoms with van der Waals surface area (Å²) in [6, 6.07) is 11.4. The van der Waals surface area contributed by atoms with Gasteiger partial charge in [0.1, 0.15) is 0 Å². The van der Waals surface area contributed by atoms with Crippen molar-refractivity contribution in [2.24, 2.45) is 0 Å². The molecule has 1 heterocycles. The summed E-state index contributed by atoms with van der Waals surface area (Å²) in [6.07, 6.45) is 6.00. The van der Waals surface area contributed by atoms with Crippen LogP contribution in [0.1, 0.15) is 43.5 Å². The van der Waals surface area contributed by atoms with Gasteiger partial charge in [0, 0.05) is 23.3 Å². The Morgan fingerprint density at radius 2 is 2.00 bits per heavy atom. The summed E-state index contributed by atoms with van der Waals surface area (Å²) >= 11 is 0. The van der Waals surface area contributed by atoms with E-state index >= 15 is 0 Å². The van der Waals surface area contributed by atoms with Gasteiger partial charge < -0.3 is 5.32 Å². The summed E-state index contributed by atoms with van der Waals surface area (Å²) in [4.78, 5) is 0. The number of rotatable bonds is 4. The molecule has 0 bridgehead atoms. The molecule has 1 fully saturated rings. The highest BCUT2D eigenvalue weighted by Crippen LogP contribution is 2.25. The lowest BCUT2D eigenvalue weighted by Crippen LogP contribution is -2.36. The zero-order valence-corrected chi connectivity index (χ0v) is 11.6. The van der Waals surface area contributed by atoms with Gasteiger partial charge in [-0.25, -0.2) is 4.68 Å². The second kappa shape index (κ2) is 5.17. The van der Waals surface area contributed by atoms with Crippen LogP contribution in [0.3, 0.4) is 0 Å². The highest BCUT2D eigenvalue weighted by atomic mass is 15.3. The Labute approximate surface area is 114 Å². The average Bonchev–Trinajstić information content (AvgIpc) is 2.77. The van der Waals surface area contributed by atoms with Crippen LogP contribution >= 0.6 is 0 Å². The quantitative estimate of drug-likeness (QED) is 0.907. The Kier molecular flexibility index (Phi) is 3.38. The molecule has 100 valence electrons. The lowest BCUT2D eigenvalue weighted by molar-refractivity contribution is 0.313. The maximum absolute atomic E-state index is 4.53. The maximum Gasteiger partial charge on any atom is 0.0648 e. The molecule has 3 nitrogen and oxygen atoms in total. The summed E-state index contributed by atoms with van der Waals surface area (Å²) in [7, 11) is 0. The second-order valence-corrected chi connectivity index (χ2v) is 5.45. The van der Waals surface area contributed by atoms with Crippen molar-refractivity contribution in [1.82, 2.24) is 15.1 Å². The summed E-state index contributed by atoms with van der Waals surface area (Å²) in [5.41, 5.74) is 3.66. The number of hydrogen-bond donors (Lipinski definition) is 1. The van der Waals surface area contributed by atoms with Gasteiger partial charge in [-0.1, -0.05) is 24.6 Å². The SMILES string of the molecule is Cc1c([C@@H](C)NC2CCC2)cnn1-c1ccccc1. The first-order chi connectivity index (χ1) is 9.25. The van der Waals surface area contributed by atoms with Gasteiger partial charge in [-0.05, 0) is 38.8 Å². The van der Waals surface area contributed by atoms with E-state index in [1.165, 1.54) is 30.5 Å². The summed E-state index contributed by atoms with van der Waals surface area (Å²) in [5, 5.41) is 8.22. The first kappa shape index (κ1) is 12.4. The number of nitrogens with one attached hydrogen (secondary N) is 1. The van der Waals surface area contributed by atoms with Gasteiger partial charge in [0.2, 0.25) is 0 Å². The molecular formula is C16H21N3. The number of hydrogen-bond acceptors (Lipinski definition) is 2. The predicted octanol–water partition coefficient (Wildman–Crippen LogP) is 3.38. The van der Waals surface area contributed by atoms with Gasteiger partial charge in [-0.15, -0.1) is 0 Å². The third-order valence-electron chi connectivity index (χ3n) is 4.11. The van der Waals surface area contributed by atoms with Crippen molar-refractivity contribution in [3.8, 4) is 5.69 Å². The van der Waals surface area contributed by atoms with E-state index in [1.54, 1.807) is 0 Å². The van der Waals surface area contributed by atoms with Crippen LogP contribution in [0.2, 0.25) is 0 Å². The van der Waals surface area contributed by atoms with Gasteiger partial charge in [0.05, 0.1) is 11.9 Å². The molecule has 1 N–H and O–H groups in total. The Morgan fingerprint density at radius 1 is 1.26 bits per heavy atom. The molecule has 1 aliphatic carbocycles. The Balaban J connectivity index is 1.82. The Hall–Kier alpha value is -1.61. The molecule has 1 aromatic heterocycles. The van der Waals surface area contributed by atoms with E-state index in [9.17, 15) is 0 Å². The molecule has 1 atom stereocenters. The third-order valence-corrected chi connectivity index (χ3v) is 4.11. The first-order valence-corrected chi connectivity index (χ1v) is 7.11. The lowest BCUT2D eigenvalue weighted by Gasteiger charge is -2.30. The summed E-state index contributed by atoms with van der Waals surface area (Å²) in [5.74, 6) is 0. The third kappa shape index (κ3) is 2.43. The van der Waals surface area contributed by atoms with E-state index in [-0.39, 0.29) is 0 Å². The number of nitrogens with zero attached hydrogens (tertiary/aromatic N) is 2. The first-order valence-electron chi connectivity index (χ1n) is 7.11. The molecule has 0 amide bonds. The molecule has 0 saturated heterocycles. The predicted molar refractivity (Wildman–Crippen MR) is 77.5 cm³/mol. The van der Waals surface area contributed by atoms with Crippen molar-refractivity contribution in [2.45, 2.75) is 45.2 Å². The molecule has 3 heteroatoms. The van der Waals surface area contributed by atoms with E-state index in [0.717, 1.165) is 5.69 Å². The average molecular weight is 255 g/mol. The standard InChI is InChI=1S/C16H21N3/c1-12(18-14-7-6-8-14)16-11-17-19(13(16)2)15-9-4-3-5-10-15/h3-5,9-12,14,18H,6-8H2,1-2H3/t12-/m1/s1. The van der Waals surface area contributed by atoms with Crippen molar-refractivity contribution >= 4 is 0 Å². The molecule has 1 aromatic carbocycles. The van der Waals surface area contributed by atoms with Crippen molar-refractivity contribution in [3.05, 3.63) is 47.8 Å². The molecule has 19 heavy (non-hydrogen) atoms. The van der Waals surface area contributed by atoms with Crippen LogP contribution in [0.25, 0.3) is 5.69 Å². The van der Waals surface area contributed by atoms with Crippen LogP contribution in [-0.4, -0.2) is 15.8 Å². The topological polar surface area (TPSA) is 29.9 Å². The summed E-state index contributed by atoms with van der Waals surface area (Å²) in [6.45, 7) is 4.38. The van der Waals surface area contributed by atoms with Gasteiger partial charge in [0.25, 0.3) is 0 Å². The van der Waals surface area contributed by atoms with Crippen LogP contribution < -0.4 is 5.32 Å². The fourth-order valence-corrected chi connectivity index (χ4v) is 2.70. The van der Waals surface area contributed by atoms with Crippen molar-refractivity contribution in [3.63, 3.8) is 0 Å². The molecule has 1 aliphatic rings. The molecule has 0 spiro atoms. The summed E-state index contributed by atoms with van der Waals surface area (Å²) < 4.78 is 2.02. The van der Waals surface area contributed by atoms with Crippen LogP contribution in [0.15, 0.2) is 36.5 Å². The fourth-order valence-electron chi connectivity index (χ4n) is 2.70. The number of aromatic nitrogens is 2. The van der Waals surface area contributed by atoms with Crippen molar-refractivity contribution in [1.29, 1.82) is 0 Å². The largest absolute Gasteiger partial charge is 0.307 e. The molecule has 0 aliphatic heterocycles. The zero-order valence-electron chi connectivity index (χ0n) is 11.6.